The van der Waals surface area contributed by atoms with Crippen LogP contribution in [0.3, 0.4) is 0 Å². The molecular formula is C21H27N3O4S. The zero-order chi connectivity index (χ0) is 21.6. The van der Waals surface area contributed by atoms with Crippen molar-refractivity contribution >= 4 is 33.2 Å². The van der Waals surface area contributed by atoms with Gasteiger partial charge in [0.25, 0.3) is 5.91 Å². The average molecular weight is 418 g/mol. The number of para-hydroxylation sites is 1. The Kier molecular flexibility index (Phi) is 7.39. The van der Waals surface area contributed by atoms with Crippen molar-refractivity contribution in [3.8, 4) is 0 Å². The molecule has 0 unspecified atom stereocenters. The van der Waals surface area contributed by atoms with Crippen LogP contribution >= 0.6 is 0 Å². The van der Waals surface area contributed by atoms with Gasteiger partial charge in [-0.1, -0.05) is 31.2 Å². The topological polar surface area (TPSA) is 95.6 Å². The van der Waals surface area contributed by atoms with Gasteiger partial charge in [0.1, 0.15) is 6.54 Å². The highest BCUT2D eigenvalue weighted by Crippen LogP contribution is 2.20. The van der Waals surface area contributed by atoms with E-state index in [1.165, 1.54) is 0 Å². The molecule has 0 radical (unpaired) electrons. The Labute approximate surface area is 172 Å². The summed E-state index contributed by atoms with van der Waals surface area (Å²) in [4.78, 5) is 25.1. The average Bonchev–Trinajstić information content (AvgIpc) is 2.65. The van der Waals surface area contributed by atoms with Gasteiger partial charge in [-0.3, -0.25) is 13.9 Å². The number of sulfonamides is 1. The number of aryl methyl sites for hydroxylation is 1. The Morgan fingerprint density at radius 2 is 1.79 bits per heavy atom. The molecule has 0 saturated carbocycles. The third-order valence-corrected chi connectivity index (χ3v) is 5.55. The van der Waals surface area contributed by atoms with E-state index in [4.69, 9.17) is 0 Å². The van der Waals surface area contributed by atoms with E-state index in [1.807, 2.05) is 26.8 Å². The molecule has 0 bridgehead atoms. The minimum atomic E-state index is -3.67. The number of benzene rings is 2. The van der Waals surface area contributed by atoms with Crippen LogP contribution < -0.4 is 14.9 Å². The lowest BCUT2D eigenvalue weighted by atomic mass is 10.1. The first-order chi connectivity index (χ1) is 13.6. The minimum absolute atomic E-state index is 0.00620. The zero-order valence-electron chi connectivity index (χ0n) is 17.1. The maximum atomic E-state index is 12.6. The fourth-order valence-corrected chi connectivity index (χ4v) is 3.55. The second-order valence-corrected chi connectivity index (χ2v) is 8.89. The first-order valence-electron chi connectivity index (χ1n) is 9.36. The van der Waals surface area contributed by atoms with Gasteiger partial charge in [0.05, 0.1) is 23.2 Å². The van der Waals surface area contributed by atoms with Crippen LogP contribution in [0.2, 0.25) is 0 Å². The van der Waals surface area contributed by atoms with Crippen molar-refractivity contribution in [1.29, 1.82) is 0 Å². The van der Waals surface area contributed by atoms with Crippen LogP contribution in [-0.4, -0.2) is 39.1 Å². The lowest BCUT2D eigenvalue weighted by Crippen LogP contribution is -2.38. The van der Waals surface area contributed by atoms with E-state index < -0.39 is 22.5 Å². The maximum Gasteiger partial charge on any atom is 0.253 e. The molecule has 8 heteroatoms. The molecule has 0 heterocycles. The molecule has 2 aromatic carbocycles. The number of carbonyl (C=O) groups excluding carboxylic acids is 2. The van der Waals surface area contributed by atoms with Crippen LogP contribution in [0.25, 0.3) is 0 Å². The van der Waals surface area contributed by atoms with Crippen molar-refractivity contribution in [3.63, 3.8) is 0 Å². The summed E-state index contributed by atoms with van der Waals surface area (Å²) < 4.78 is 25.5. The molecule has 2 aromatic rings. The van der Waals surface area contributed by atoms with E-state index >= 15 is 0 Å². The Balaban J connectivity index is 2.22. The quantitative estimate of drug-likeness (QED) is 0.690. The molecule has 0 aromatic heterocycles. The molecule has 0 saturated heterocycles. The number of rotatable bonds is 8. The van der Waals surface area contributed by atoms with E-state index in [-0.39, 0.29) is 11.9 Å². The van der Waals surface area contributed by atoms with Gasteiger partial charge in [-0.2, -0.15) is 0 Å². The number of hydrogen-bond donors (Lipinski definition) is 2. The number of anilines is 2. The van der Waals surface area contributed by atoms with Crippen LogP contribution in [0.4, 0.5) is 11.4 Å². The van der Waals surface area contributed by atoms with Crippen LogP contribution in [0.1, 0.15) is 36.2 Å². The van der Waals surface area contributed by atoms with Crippen LogP contribution in [-0.2, 0) is 14.8 Å². The van der Waals surface area contributed by atoms with Gasteiger partial charge < -0.3 is 10.6 Å². The largest absolute Gasteiger partial charge is 0.350 e. The molecule has 156 valence electrons. The van der Waals surface area contributed by atoms with Crippen molar-refractivity contribution in [2.75, 3.05) is 22.4 Å². The normalized spacial score (nSPS) is 12.1. The predicted molar refractivity (Wildman–Crippen MR) is 116 cm³/mol. The SMILES string of the molecule is CC[C@@H](C)NC(=O)c1ccccc1NC(=O)CN(c1cccc(C)c1)S(C)(=O)=O. The molecule has 2 N–H and O–H groups in total. The molecule has 7 nitrogen and oxygen atoms in total. The summed E-state index contributed by atoms with van der Waals surface area (Å²) in [7, 11) is -3.67. The fraction of sp³-hybridized carbons (Fsp3) is 0.333. The highest BCUT2D eigenvalue weighted by atomic mass is 32.2. The highest BCUT2D eigenvalue weighted by Gasteiger charge is 2.22. The molecule has 0 aliphatic heterocycles. The monoisotopic (exact) mass is 417 g/mol. The van der Waals surface area contributed by atoms with E-state index in [9.17, 15) is 18.0 Å². The summed E-state index contributed by atoms with van der Waals surface area (Å²) in [5.74, 6) is -0.838. The number of nitrogens with one attached hydrogen (secondary N) is 2. The third-order valence-electron chi connectivity index (χ3n) is 4.41. The van der Waals surface area contributed by atoms with Gasteiger partial charge >= 0.3 is 0 Å². The van der Waals surface area contributed by atoms with Crippen LogP contribution in [0.15, 0.2) is 48.5 Å². The summed E-state index contributed by atoms with van der Waals surface area (Å²) in [6.07, 6.45) is 1.83. The second kappa shape index (κ2) is 9.56. The standard InChI is InChI=1S/C21H27N3O4S/c1-5-16(3)22-21(26)18-11-6-7-12-19(18)23-20(25)14-24(29(4,27)28)17-10-8-9-15(2)13-17/h6-13,16H,5,14H2,1-4H3,(H,22,26)(H,23,25)/t16-/m1/s1. The third kappa shape index (κ3) is 6.32. The maximum absolute atomic E-state index is 12.6. The van der Waals surface area contributed by atoms with Crippen molar-refractivity contribution in [1.82, 2.24) is 5.32 Å². The van der Waals surface area contributed by atoms with Gasteiger partial charge in [-0.05, 0) is 50.1 Å². The smallest absolute Gasteiger partial charge is 0.253 e. The number of carbonyl (C=O) groups is 2. The molecule has 29 heavy (non-hydrogen) atoms. The summed E-state index contributed by atoms with van der Waals surface area (Å²) in [6.45, 7) is 5.30. The molecular weight excluding hydrogens is 390 g/mol. The lowest BCUT2D eigenvalue weighted by Gasteiger charge is -2.22. The van der Waals surface area contributed by atoms with Gasteiger partial charge in [0, 0.05) is 6.04 Å². The predicted octanol–water partition coefficient (Wildman–Crippen LogP) is 2.93. The van der Waals surface area contributed by atoms with Crippen molar-refractivity contribution < 1.29 is 18.0 Å². The number of hydrogen-bond acceptors (Lipinski definition) is 4. The number of amides is 2. The molecule has 2 amide bonds. The summed E-state index contributed by atoms with van der Waals surface area (Å²) in [5.41, 5.74) is 1.94. The van der Waals surface area contributed by atoms with Crippen LogP contribution in [0.5, 0.6) is 0 Å². The molecule has 0 aliphatic rings. The molecule has 0 spiro atoms. The lowest BCUT2D eigenvalue weighted by molar-refractivity contribution is -0.114. The van der Waals surface area contributed by atoms with Gasteiger partial charge in [-0.25, -0.2) is 8.42 Å². The Morgan fingerprint density at radius 1 is 1.10 bits per heavy atom. The second-order valence-electron chi connectivity index (χ2n) is 6.99. The zero-order valence-corrected chi connectivity index (χ0v) is 17.9. The van der Waals surface area contributed by atoms with E-state index in [0.717, 1.165) is 22.5 Å². The first-order valence-corrected chi connectivity index (χ1v) is 11.2. The van der Waals surface area contributed by atoms with Crippen molar-refractivity contribution in [2.45, 2.75) is 33.2 Å². The van der Waals surface area contributed by atoms with E-state index in [1.54, 1.807) is 42.5 Å². The Bertz CT molecular complexity index is 989. The molecule has 1 atom stereocenters. The van der Waals surface area contributed by atoms with Crippen LogP contribution in [0, 0.1) is 6.92 Å². The molecule has 0 fully saturated rings. The Morgan fingerprint density at radius 3 is 2.41 bits per heavy atom. The first kappa shape index (κ1) is 22.4. The summed E-state index contributed by atoms with van der Waals surface area (Å²) in [5, 5.41) is 5.52. The summed E-state index contributed by atoms with van der Waals surface area (Å²) in [6, 6.07) is 13.5. The molecule has 2 rings (SSSR count). The van der Waals surface area contributed by atoms with E-state index in [2.05, 4.69) is 10.6 Å². The summed E-state index contributed by atoms with van der Waals surface area (Å²) >= 11 is 0. The van der Waals surface area contributed by atoms with Crippen molar-refractivity contribution in [2.24, 2.45) is 0 Å². The van der Waals surface area contributed by atoms with E-state index in [0.29, 0.717) is 16.9 Å². The van der Waals surface area contributed by atoms with Gasteiger partial charge in [0.2, 0.25) is 15.9 Å². The van der Waals surface area contributed by atoms with Crippen molar-refractivity contribution in [3.05, 3.63) is 59.7 Å². The highest BCUT2D eigenvalue weighted by molar-refractivity contribution is 7.92. The van der Waals surface area contributed by atoms with Gasteiger partial charge in [0.15, 0.2) is 0 Å². The minimum Gasteiger partial charge on any atom is -0.350 e. The fourth-order valence-electron chi connectivity index (χ4n) is 2.70. The number of nitrogens with zero attached hydrogens (tertiary/aromatic N) is 1. The van der Waals surface area contributed by atoms with Gasteiger partial charge in [-0.15, -0.1) is 0 Å². The Hall–Kier alpha value is -2.87. The molecule has 0 aliphatic carbocycles.